The third-order valence-electron chi connectivity index (χ3n) is 5.50. The van der Waals surface area contributed by atoms with Crippen LogP contribution in [0.2, 0.25) is 0 Å². The third-order valence-corrected chi connectivity index (χ3v) is 6.33. The minimum Gasteiger partial charge on any atom is -0.339 e. The molecule has 1 aliphatic heterocycles. The average Bonchev–Trinajstić information content (AvgIpc) is 3.22. The number of pyridine rings is 1. The van der Waals surface area contributed by atoms with E-state index in [1.54, 1.807) is 36.6 Å². The van der Waals surface area contributed by atoms with E-state index in [0.717, 1.165) is 44.7 Å². The number of nitrogens with one attached hydrogen (secondary N) is 2. The number of hydrogen-bond acceptors (Lipinski definition) is 9. The molecule has 4 heterocycles. The summed E-state index contributed by atoms with van der Waals surface area (Å²) in [7, 11) is 2.12. The zero-order valence-corrected chi connectivity index (χ0v) is 20.9. The van der Waals surface area contributed by atoms with Crippen LogP contribution >= 0.6 is 11.3 Å². The molecule has 0 atom stereocenters. The van der Waals surface area contributed by atoms with Crippen LogP contribution in [0.15, 0.2) is 23.7 Å². The summed E-state index contributed by atoms with van der Waals surface area (Å²) in [6, 6.07) is 3.22. The molecule has 1 amide bonds. The van der Waals surface area contributed by atoms with E-state index in [4.69, 9.17) is 4.98 Å². The number of thiazole rings is 1. The van der Waals surface area contributed by atoms with Crippen LogP contribution in [0.25, 0.3) is 11.3 Å². The second-order valence-electron chi connectivity index (χ2n) is 8.73. The van der Waals surface area contributed by atoms with Crippen molar-refractivity contribution in [1.82, 2.24) is 29.7 Å². The number of piperazine rings is 1. The highest BCUT2D eigenvalue weighted by molar-refractivity contribution is 7.09. The second-order valence-corrected chi connectivity index (χ2v) is 9.68. The van der Waals surface area contributed by atoms with Crippen molar-refractivity contribution in [3.63, 3.8) is 0 Å². The Kier molecular flexibility index (Phi) is 7.33. The lowest BCUT2D eigenvalue weighted by Gasteiger charge is -2.31. The van der Waals surface area contributed by atoms with Crippen LogP contribution in [0.1, 0.15) is 30.4 Å². The van der Waals surface area contributed by atoms with Gasteiger partial charge < -0.3 is 15.5 Å². The number of aromatic nitrogens is 4. The van der Waals surface area contributed by atoms with E-state index in [2.05, 4.69) is 42.4 Å². The number of rotatable bonds is 7. The van der Waals surface area contributed by atoms with Crippen LogP contribution < -0.4 is 10.6 Å². The van der Waals surface area contributed by atoms with Gasteiger partial charge in [-0.2, -0.15) is 8.78 Å². The third kappa shape index (κ3) is 6.53. The first-order valence-corrected chi connectivity index (χ1v) is 12.1. The minimum absolute atomic E-state index is 0.211. The molecule has 0 aliphatic carbocycles. The predicted molar refractivity (Wildman–Crippen MR) is 132 cm³/mol. The maximum atomic E-state index is 13.9. The van der Waals surface area contributed by atoms with Gasteiger partial charge in [0.05, 0.1) is 17.9 Å². The van der Waals surface area contributed by atoms with Crippen LogP contribution in [0.4, 0.5) is 26.1 Å². The number of alkyl halides is 2. The number of hydrogen-bond donors (Lipinski definition) is 2. The maximum Gasteiger partial charge on any atom is 0.303 e. The molecule has 12 heteroatoms. The number of anilines is 3. The molecule has 186 valence electrons. The molecule has 0 saturated carbocycles. The molecule has 1 aliphatic rings. The van der Waals surface area contributed by atoms with Crippen molar-refractivity contribution >= 4 is 34.6 Å². The fourth-order valence-corrected chi connectivity index (χ4v) is 4.52. The van der Waals surface area contributed by atoms with E-state index >= 15 is 0 Å². The average molecular weight is 503 g/mol. The Balaban J connectivity index is 1.64. The summed E-state index contributed by atoms with van der Waals surface area (Å²) in [5, 5.41) is 8.68. The zero-order valence-electron chi connectivity index (χ0n) is 20.1. The van der Waals surface area contributed by atoms with Crippen LogP contribution in [-0.4, -0.2) is 68.9 Å². The van der Waals surface area contributed by atoms with Crippen LogP contribution in [-0.2, 0) is 17.3 Å². The highest BCUT2D eigenvalue weighted by Crippen LogP contribution is 2.33. The number of aryl methyl sites for hydroxylation is 1. The normalized spacial score (nSPS) is 15.3. The lowest BCUT2D eigenvalue weighted by Crippen LogP contribution is -2.43. The largest absolute Gasteiger partial charge is 0.339 e. The van der Waals surface area contributed by atoms with Gasteiger partial charge in [-0.1, -0.05) is 0 Å². The smallest absolute Gasteiger partial charge is 0.303 e. The summed E-state index contributed by atoms with van der Waals surface area (Å²) in [6.07, 6.45) is 1.60. The van der Waals surface area contributed by atoms with Gasteiger partial charge in [0, 0.05) is 75.0 Å². The Morgan fingerprint density at radius 2 is 1.89 bits per heavy atom. The van der Waals surface area contributed by atoms with E-state index < -0.39 is 11.7 Å². The fourth-order valence-electron chi connectivity index (χ4n) is 3.68. The van der Waals surface area contributed by atoms with Crippen molar-refractivity contribution in [1.29, 1.82) is 0 Å². The molecule has 3 aromatic rings. The minimum atomic E-state index is -3.18. The van der Waals surface area contributed by atoms with Gasteiger partial charge in [-0.3, -0.25) is 9.69 Å². The topological polar surface area (TPSA) is 99.2 Å². The van der Waals surface area contributed by atoms with Gasteiger partial charge in [-0.05, 0) is 14.0 Å². The van der Waals surface area contributed by atoms with Crippen LogP contribution in [0, 0.1) is 6.92 Å². The summed E-state index contributed by atoms with van der Waals surface area (Å²) >= 11 is 1.56. The number of likely N-dealkylation sites (N-methyl/N-ethyl adjacent to an activating group) is 1. The van der Waals surface area contributed by atoms with Gasteiger partial charge in [0.25, 0.3) is 0 Å². The quantitative estimate of drug-likeness (QED) is 0.503. The Morgan fingerprint density at radius 3 is 2.57 bits per heavy atom. The monoisotopic (exact) mass is 502 g/mol. The Labute approximate surface area is 206 Å². The molecule has 1 saturated heterocycles. The van der Waals surface area contributed by atoms with E-state index in [-0.39, 0.29) is 11.7 Å². The molecule has 35 heavy (non-hydrogen) atoms. The molecule has 9 nitrogen and oxygen atoms in total. The highest BCUT2D eigenvalue weighted by Gasteiger charge is 2.29. The summed E-state index contributed by atoms with van der Waals surface area (Å²) in [5.74, 6) is -3.49. The first-order chi connectivity index (χ1) is 16.6. The lowest BCUT2D eigenvalue weighted by atomic mass is 10.1. The second kappa shape index (κ2) is 10.3. The lowest BCUT2D eigenvalue weighted by molar-refractivity contribution is -0.114. The Morgan fingerprint density at radius 1 is 1.14 bits per heavy atom. The van der Waals surface area contributed by atoms with Crippen LogP contribution in [0.5, 0.6) is 0 Å². The molecule has 0 bridgehead atoms. The van der Waals surface area contributed by atoms with Crippen molar-refractivity contribution in [2.24, 2.45) is 0 Å². The highest BCUT2D eigenvalue weighted by atomic mass is 32.1. The molecular weight excluding hydrogens is 474 g/mol. The summed E-state index contributed by atoms with van der Waals surface area (Å²) in [6.45, 7) is 8.57. The van der Waals surface area contributed by atoms with Crippen molar-refractivity contribution < 1.29 is 13.6 Å². The van der Waals surface area contributed by atoms with Gasteiger partial charge in [-0.25, -0.2) is 19.9 Å². The van der Waals surface area contributed by atoms with E-state index in [1.807, 2.05) is 5.38 Å². The first kappa shape index (κ1) is 25.0. The van der Waals surface area contributed by atoms with Crippen LogP contribution in [0.3, 0.4) is 0 Å². The fraction of sp³-hybridized carbons (Fsp3) is 0.435. The number of amides is 1. The van der Waals surface area contributed by atoms with E-state index in [0.29, 0.717) is 28.5 Å². The molecule has 4 rings (SSSR count). The van der Waals surface area contributed by atoms with Crippen molar-refractivity contribution in [2.45, 2.75) is 33.2 Å². The molecule has 0 spiro atoms. The zero-order chi connectivity index (χ0) is 25.2. The van der Waals surface area contributed by atoms with Gasteiger partial charge in [0.1, 0.15) is 16.6 Å². The number of nitrogens with zero attached hydrogens (tertiary/aromatic N) is 6. The molecule has 0 unspecified atom stereocenters. The SMILES string of the molecule is CC(=O)Nc1cc(Nc2cc(C)nc(C(C)(F)F)n2)c(-c2csc(CN3CCN(C)CC3)n2)cn1. The summed E-state index contributed by atoms with van der Waals surface area (Å²) in [5.41, 5.74) is 2.31. The Bertz CT molecular complexity index is 1200. The van der Waals surface area contributed by atoms with Crippen molar-refractivity contribution in [3.8, 4) is 11.3 Å². The summed E-state index contributed by atoms with van der Waals surface area (Å²) in [4.78, 5) is 33.2. The molecule has 3 aromatic heterocycles. The Hall–Kier alpha value is -3.09. The number of halogens is 2. The van der Waals surface area contributed by atoms with Gasteiger partial charge in [0.2, 0.25) is 11.7 Å². The van der Waals surface area contributed by atoms with Crippen molar-refractivity contribution in [2.75, 3.05) is 43.9 Å². The van der Waals surface area contributed by atoms with Crippen molar-refractivity contribution in [3.05, 3.63) is 40.2 Å². The molecule has 0 aromatic carbocycles. The number of carbonyl (C=O) groups is 1. The van der Waals surface area contributed by atoms with Gasteiger partial charge in [0.15, 0.2) is 0 Å². The van der Waals surface area contributed by atoms with E-state index in [1.165, 1.54) is 6.92 Å². The molecule has 2 N–H and O–H groups in total. The van der Waals surface area contributed by atoms with E-state index in [9.17, 15) is 13.6 Å². The molecular formula is C23H28F2N8OS. The molecule has 0 radical (unpaired) electrons. The predicted octanol–water partition coefficient (Wildman–Crippen LogP) is 3.86. The van der Waals surface area contributed by atoms with Gasteiger partial charge >= 0.3 is 5.92 Å². The molecule has 1 fully saturated rings. The standard InChI is InChI=1S/C23H28F2N8OS/c1-14-9-20(31-22(27-14)23(3,24)25)29-17-10-19(28-15(2)34)26-11-16(17)18-13-35-21(30-18)12-33-7-5-32(4)6-8-33/h9-11,13H,5-8,12H2,1-4H3,(H2,26,27,28,29,31,34). The summed E-state index contributed by atoms with van der Waals surface area (Å²) < 4.78 is 27.8. The maximum absolute atomic E-state index is 13.9. The van der Waals surface area contributed by atoms with Gasteiger partial charge in [-0.15, -0.1) is 11.3 Å². The first-order valence-electron chi connectivity index (χ1n) is 11.2. The number of carbonyl (C=O) groups excluding carboxylic acids is 1.